The molecule has 72 valence electrons. The fraction of sp³-hybridized carbons (Fsp3) is 0. The molecule has 0 N–H and O–H groups in total. The molecule has 0 aliphatic rings. The molecule has 0 saturated heterocycles. The molecule has 0 amide bonds. The Morgan fingerprint density at radius 3 is 1.93 bits per heavy atom. The van der Waals surface area contributed by atoms with E-state index in [-0.39, 0.29) is 0 Å². The molecule has 0 aliphatic carbocycles. The Bertz CT molecular complexity index is 492. The highest BCUT2D eigenvalue weighted by atomic mass is 79.9. The maximum absolute atomic E-state index is 3.94. The summed E-state index contributed by atoms with van der Waals surface area (Å²) in [5, 5.41) is 0. The van der Waals surface area contributed by atoms with Crippen LogP contribution in [0.15, 0.2) is 53.3 Å². The molecule has 1 aromatic carbocycles. The van der Waals surface area contributed by atoms with Crippen LogP contribution in [0.25, 0.3) is 0 Å². The maximum Gasteiger partial charge on any atom is 0.0280 e. The lowest BCUT2D eigenvalue weighted by molar-refractivity contribution is 1.32. The van der Waals surface area contributed by atoms with Gasteiger partial charge in [-0.2, -0.15) is 0 Å². The van der Waals surface area contributed by atoms with E-state index in [0.717, 1.165) is 15.6 Å². The maximum atomic E-state index is 3.94. The molecule has 0 radical (unpaired) electrons. The van der Waals surface area contributed by atoms with Gasteiger partial charge in [0.15, 0.2) is 0 Å². The molecule has 0 fully saturated rings. The third-order valence-corrected chi connectivity index (χ3v) is 2.40. The van der Waals surface area contributed by atoms with Crippen LogP contribution in [0.3, 0.4) is 0 Å². The summed E-state index contributed by atoms with van der Waals surface area (Å²) in [6, 6.07) is 11.7. The first kappa shape index (κ1) is 9.95. The molecule has 1 nitrogen and oxygen atoms in total. The first-order valence-electron chi connectivity index (χ1n) is 4.52. The number of nitrogens with zero attached hydrogens (tertiary/aromatic N) is 1. The van der Waals surface area contributed by atoms with Crippen molar-refractivity contribution in [3.05, 3.63) is 64.4 Å². The van der Waals surface area contributed by atoms with Gasteiger partial charge in [-0.3, -0.25) is 4.98 Å². The SMILES string of the molecule is Brc1ccc(C#Cc2ccncc2)cc1. The van der Waals surface area contributed by atoms with Crippen LogP contribution in [0.4, 0.5) is 0 Å². The number of pyridine rings is 1. The summed E-state index contributed by atoms with van der Waals surface area (Å²) >= 11 is 3.39. The van der Waals surface area contributed by atoms with Crippen LogP contribution < -0.4 is 0 Å². The van der Waals surface area contributed by atoms with Crippen LogP contribution in [0.5, 0.6) is 0 Å². The van der Waals surface area contributed by atoms with E-state index in [1.54, 1.807) is 12.4 Å². The summed E-state index contributed by atoms with van der Waals surface area (Å²) in [5.41, 5.74) is 1.99. The summed E-state index contributed by atoms with van der Waals surface area (Å²) in [6.07, 6.45) is 3.48. The van der Waals surface area contributed by atoms with E-state index >= 15 is 0 Å². The van der Waals surface area contributed by atoms with E-state index in [0.29, 0.717) is 0 Å². The minimum absolute atomic E-state index is 0.980. The largest absolute Gasteiger partial charge is 0.265 e. The standard InChI is InChI=1S/C13H8BrN/c14-13-5-3-11(4-6-13)1-2-12-7-9-15-10-8-12/h3-10H. The number of halogens is 1. The monoisotopic (exact) mass is 257 g/mol. The van der Waals surface area contributed by atoms with Crippen LogP contribution in [0.2, 0.25) is 0 Å². The third-order valence-electron chi connectivity index (χ3n) is 1.88. The fourth-order valence-electron chi connectivity index (χ4n) is 1.11. The fourth-order valence-corrected chi connectivity index (χ4v) is 1.38. The van der Waals surface area contributed by atoms with Gasteiger partial charge in [0.1, 0.15) is 0 Å². The van der Waals surface area contributed by atoms with Crippen molar-refractivity contribution in [1.29, 1.82) is 0 Å². The van der Waals surface area contributed by atoms with Crippen molar-refractivity contribution in [2.75, 3.05) is 0 Å². The molecule has 2 rings (SSSR count). The molecular weight excluding hydrogens is 250 g/mol. The molecule has 0 unspecified atom stereocenters. The van der Waals surface area contributed by atoms with Gasteiger partial charge < -0.3 is 0 Å². The Morgan fingerprint density at radius 1 is 0.800 bits per heavy atom. The quantitative estimate of drug-likeness (QED) is 0.661. The average Bonchev–Trinajstić information content (AvgIpc) is 2.30. The van der Waals surface area contributed by atoms with Gasteiger partial charge in [0.2, 0.25) is 0 Å². The van der Waals surface area contributed by atoms with Gasteiger partial charge in [0.05, 0.1) is 0 Å². The van der Waals surface area contributed by atoms with Gasteiger partial charge in [0.25, 0.3) is 0 Å². The molecule has 0 aliphatic heterocycles. The van der Waals surface area contributed by atoms with Crippen LogP contribution in [0, 0.1) is 11.8 Å². The van der Waals surface area contributed by atoms with Gasteiger partial charge in [-0.05, 0) is 36.4 Å². The zero-order chi connectivity index (χ0) is 10.5. The Kier molecular flexibility index (Phi) is 3.16. The Balaban J connectivity index is 2.22. The summed E-state index contributed by atoms with van der Waals surface area (Å²) < 4.78 is 1.07. The van der Waals surface area contributed by atoms with Crippen LogP contribution in [0.1, 0.15) is 11.1 Å². The van der Waals surface area contributed by atoms with Crippen molar-refractivity contribution in [2.24, 2.45) is 0 Å². The highest BCUT2D eigenvalue weighted by Gasteiger charge is 1.87. The molecule has 0 bridgehead atoms. The van der Waals surface area contributed by atoms with Crippen molar-refractivity contribution < 1.29 is 0 Å². The van der Waals surface area contributed by atoms with Crippen molar-refractivity contribution in [3.63, 3.8) is 0 Å². The lowest BCUT2D eigenvalue weighted by Gasteiger charge is -1.90. The normalized spacial score (nSPS) is 9.13. The van der Waals surface area contributed by atoms with E-state index in [1.165, 1.54) is 0 Å². The van der Waals surface area contributed by atoms with Gasteiger partial charge >= 0.3 is 0 Å². The third kappa shape index (κ3) is 2.93. The molecule has 2 heteroatoms. The Labute approximate surface area is 97.3 Å². The molecule has 15 heavy (non-hydrogen) atoms. The number of hydrogen-bond donors (Lipinski definition) is 0. The lowest BCUT2D eigenvalue weighted by atomic mass is 10.2. The van der Waals surface area contributed by atoms with E-state index in [4.69, 9.17) is 0 Å². The lowest BCUT2D eigenvalue weighted by Crippen LogP contribution is -1.76. The molecule has 0 saturated carbocycles. The van der Waals surface area contributed by atoms with Gasteiger partial charge in [-0.15, -0.1) is 0 Å². The number of hydrogen-bond acceptors (Lipinski definition) is 1. The van der Waals surface area contributed by atoms with Crippen molar-refractivity contribution >= 4 is 15.9 Å². The second-order valence-corrected chi connectivity index (χ2v) is 3.91. The van der Waals surface area contributed by atoms with Crippen LogP contribution >= 0.6 is 15.9 Å². The minimum Gasteiger partial charge on any atom is -0.265 e. The predicted molar refractivity (Wildman–Crippen MR) is 64.4 cm³/mol. The summed E-state index contributed by atoms with van der Waals surface area (Å²) in [5.74, 6) is 6.16. The molecule has 1 aromatic heterocycles. The molecule has 1 heterocycles. The zero-order valence-electron chi connectivity index (χ0n) is 7.94. The zero-order valence-corrected chi connectivity index (χ0v) is 9.53. The van der Waals surface area contributed by atoms with E-state index in [1.807, 2.05) is 36.4 Å². The Morgan fingerprint density at radius 2 is 1.33 bits per heavy atom. The van der Waals surface area contributed by atoms with E-state index < -0.39 is 0 Å². The van der Waals surface area contributed by atoms with Gasteiger partial charge in [0, 0.05) is 28.0 Å². The molecule has 2 aromatic rings. The second-order valence-electron chi connectivity index (χ2n) is 2.99. The van der Waals surface area contributed by atoms with Crippen molar-refractivity contribution in [1.82, 2.24) is 4.98 Å². The average molecular weight is 258 g/mol. The number of rotatable bonds is 0. The molecule has 0 atom stereocenters. The van der Waals surface area contributed by atoms with Gasteiger partial charge in [-0.25, -0.2) is 0 Å². The first-order valence-corrected chi connectivity index (χ1v) is 5.31. The molecular formula is C13H8BrN. The summed E-state index contributed by atoms with van der Waals surface area (Å²) in [7, 11) is 0. The highest BCUT2D eigenvalue weighted by molar-refractivity contribution is 9.10. The summed E-state index contributed by atoms with van der Waals surface area (Å²) in [6.45, 7) is 0. The van der Waals surface area contributed by atoms with E-state index in [2.05, 4.69) is 32.8 Å². The van der Waals surface area contributed by atoms with Crippen LogP contribution in [-0.4, -0.2) is 4.98 Å². The van der Waals surface area contributed by atoms with Gasteiger partial charge in [-0.1, -0.05) is 27.8 Å². The number of benzene rings is 1. The second kappa shape index (κ2) is 4.77. The van der Waals surface area contributed by atoms with Crippen molar-refractivity contribution in [2.45, 2.75) is 0 Å². The van der Waals surface area contributed by atoms with E-state index in [9.17, 15) is 0 Å². The number of aromatic nitrogens is 1. The highest BCUT2D eigenvalue weighted by Crippen LogP contribution is 2.09. The van der Waals surface area contributed by atoms with Crippen LogP contribution in [-0.2, 0) is 0 Å². The smallest absolute Gasteiger partial charge is 0.0280 e. The van der Waals surface area contributed by atoms with Crippen molar-refractivity contribution in [3.8, 4) is 11.8 Å². The predicted octanol–water partition coefficient (Wildman–Crippen LogP) is 3.24. The minimum atomic E-state index is 0.980. The Hall–Kier alpha value is -1.59. The topological polar surface area (TPSA) is 12.9 Å². The first-order chi connectivity index (χ1) is 7.34. The molecule has 0 spiro atoms. The summed E-state index contributed by atoms with van der Waals surface area (Å²) in [4.78, 5) is 3.94.